The van der Waals surface area contributed by atoms with Gasteiger partial charge in [-0.1, -0.05) is 29.4 Å². The van der Waals surface area contributed by atoms with Gasteiger partial charge in [0.1, 0.15) is 17.6 Å². The van der Waals surface area contributed by atoms with E-state index in [1.165, 1.54) is 11.6 Å². The number of aryl methyl sites for hydroxylation is 3. The van der Waals surface area contributed by atoms with Gasteiger partial charge in [0.25, 0.3) is 0 Å². The topological polar surface area (TPSA) is 52.8 Å². The Morgan fingerprint density at radius 1 is 0.960 bits per heavy atom. The maximum Gasteiger partial charge on any atom is 0.126 e. The molecule has 1 aliphatic rings. The lowest BCUT2D eigenvalue weighted by molar-refractivity contribution is 0.240. The summed E-state index contributed by atoms with van der Waals surface area (Å²) in [5.74, 6) is -0.288. The second kappa shape index (κ2) is 6.45. The Morgan fingerprint density at radius 2 is 1.60 bits per heavy atom. The summed E-state index contributed by atoms with van der Waals surface area (Å²) in [6.07, 6.45) is -0.607. The van der Waals surface area contributed by atoms with Crippen molar-refractivity contribution >= 4 is 16.9 Å². The van der Waals surface area contributed by atoms with E-state index in [0.717, 1.165) is 22.3 Å². The molecule has 2 N–H and O–H groups in total. The van der Waals surface area contributed by atoms with E-state index in [-0.39, 0.29) is 11.5 Å². The number of nitrogens with zero attached hydrogens (tertiary/aromatic N) is 1. The van der Waals surface area contributed by atoms with E-state index >= 15 is 0 Å². The van der Waals surface area contributed by atoms with Crippen LogP contribution in [0.5, 0.6) is 0 Å². The van der Waals surface area contributed by atoms with Gasteiger partial charge >= 0.3 is 0 Å². The van der Waals surface area contributed by atoms with Gasteiger partial charge in [0, 0.05) is 12.0 Å². The fraction of sp³-hybridized carbons (Fsp3) is 0.286. The molecule has 0 saturated carbocycles. The van der Waals surface area contributed by atoms with Gasteiger partial charge in [-0.25, -0.2) is 4.39 Å². The van der Waals surface area contributed by atoms with Gasteiger partial charge in [-0.15, -0.1) is 0 Å². The Kier molecular flexibility index (Phi) is 4.48. The molecule has 1 unspecified atom stereocenters. The average Bonchev–Trinajstić information content (AvgIpc) is 2.91. The zero-order valence-electron chi connectivity index (χ0n) is 14.9. The lowest BCUT2D eigenvalue weighted by Gasteiger charge is -2.13. The summed E-state index contributed by atoms with van der Waals surface area (Å²) in [5, 5.41) is 23.1. The third-order valence-electron chi connectivity index (χ3n) is 5.11. The molecule has 0 spiro atoms. The zero-order chi connectivity index (χ0) is 18.3. The molecule has 25 heavy (non-hydrogen) atoms. The number of rotatable bonds is 2. The molecule has 0 aromatic heterocycles. The van der Waals surface area contributed by atoms with Crippen molar-refractivity contribution in [2.24, 2.45) is 5.16 Å². The zero-order valence-corrected chi connectivity index (χ0v) is 14.9. The number of hydrogen-bond acceptors (Lipinski definition) is 3. The van der Waals surface area contributed by atoms with Crippen LogP contribution in [0.15, 0.2) is 35.5 Å². The molecule has 0 heterocycles. The molecule has 2 aromatic carbocycles. The summed E-state index contributed by atoms with van der Waals surface area (Å²) in [7, 11) is 0. The predicted molar refractivity (Wildman–Crippen MR) is 98.4 cm³/mol. The first-order chi connectivity index (χ1) is 11.8. The Morgan fingerprint density at radius 3 is 2.16 bits per heavy atom. The number of benzene rings is 2. The van der Waals surface area contributed by atoms with Crippen LogP contribution in [0.3, 0.4) is 0 Å². The molecule has 1 atom stereocenters. The minimum atomic E-state index is -0.902. The van der Waals surface area contributed by atoms with Crippen molar-refractivity contribution in [3.63, 3.8) is 0 Å². The molecule has 0 bridgehead atoms. The molecule has 0 amide bonds. The molecule has 3 nitrogen and oxygen atoms in total. The highest BCUT2D eigenvalue weighted by Gasteiger charge is 2.32. The van der Waals surface area contributed by atoms with E-state index in [9.17, 15) is 14.7 Å². The number of halogens is 1. The first-order valence-electron chi connectivity index (χ1n) is 8.31. The second-order valence-electron chi connectivity index (χ2n) is 6.76. The molecule has 1 aliphatic carbocycles. The number of oxime groups is 1. The highest BCUT2D eigenvalue weighted by atomic mass is 19.1. The quantitative estimate of drug-likeness (QED) is 0.622. The van der Waals surface area contributed by atoms with Crippen molar-refractivity contribution in [2.75, 3.05) is 0 Å². The van der Waals surface area contributed by atoms with Crippen molar-refractivity contribution < 1.29 is 14.7 Å². The summed E-state index contributed by atoms with van der Waals surface area (Å²) in [6, 6.07) is 9.08. The average molecular weight is 339 g/mol. The third-order valence-corrected chi connectivity index (χ3v) is 5.11. The van der Waals surface area contributed by atoms with Gasteiger partial charge in [0.2, 0.25) is 0 Å². The lowest BCUT2D eigenvalue weighted by Crippen LogP contribution is -2.15. The van der Waals surface area contributed by atoms with Gasteiger partial charge in [-0.05, 0) is 72.7 Å². The fourth-order valence-electron chi connectivity index (χ4n) is 3.37. The standard InChI is InChI=1S/C21H22FNO2/c1-11-5-6-15(9-18(11)22)17-10-19(24)21(23-25)20(17)16-7-12(2)14(4)13(3)8-16/h5-9,19,24-25H,10H2,1-4H3/b23-21-. The van der Waals surface area contributed by atoms with Crippen LogP contribution in [0, 0.1) is 33.5 Å². The van der Waals surface area contributed by atoms with Crippen LogP contribution in [0.25, 0.3) is 11.1 Å². The Hall–Kier alpha value is -2.46. The predicted octanol–water partition coefficient (Wildman–Crippen LogP) is 4.56. The monoisotopic (exact) mass is 339 g/mol. The molecule has 2 aromatic rings. The normalized spacial score (nSPS) is 19.1. The van der Waals surface area contributed by atoms with Crippen LogP contribution in [0.2, 0.25) is 0 Å². The van der Waals surface area contributed by atoms with Crippen LogP contribution in [0.4, 0.5) is 4.39 Å². The number of hydrogen-bond donors (Lipinski definition) is 2. The summed E-state index contributed by atoms with van der Waals surface area (Å²) in [5.41, 5.74) is 7.31. The van der Waals surface area contributed by atoms with E-state index in [0.29, 0.717) is 23.1 Å². The summed E-state index contributed by atoms with van der Waals surface area (Å²) in [6.45, 7) is 7.83. The first kappa shape index (κ1) is 17.4. The van der Waals surface area contributed by atoms with Crippen LogP contribution in [-0.4, -0.2) is 22.1 Å². The summed E-state index contributed by atoms with van der Waals surface area (Å²) < 4.78 is 14.1. The van der Waals surface area contributed by atoms with Gasteiger partial charge < -0.3 is 10.3 Å². The van der Waals surface area contributed by atoms with Gasteiger partial charge in [-0.2, -0.15) is 0 Å². The molecule has 0 radical (unpaired) electrons. The molecule has 130 valence electrons. The largest absolute Gasteiger partial charge is 0.411 e. The van der Waals surface area contributed by atoms with Gasteiger partial charge in [0.15, 0.2) is 0 Å². The Balaban J connectivity index is 2.27. The summed E-state index contributed by atoms with van der Waals surface area (Å²) >= 11 is 0. The number of aliphatic hydroxyl groups excluding tert-OH is 1. The van der Waals surface area contributed by atoms with Crippen LogP contribution < -0.4 is 0 Å². The Labute approximate surface area is 147 Å². The maximum atomic E-state index is 14.1. The first-order valence-corrected chi connectivity index (χ1v) is 8.31. The molecule has 3 rings (SSSR count). The third kappa shape index (κ3) is 2.98. The molecule has 0 aliphatic heterocycles. The Bertz CT molecular complexity index is 889. The van der Waals surface area contributed by atoms with Crippen molar-refractivity contribution in [3.8, 4) is 0 Å². The van der Waals surface area contributed by atoms with Crippen LogP contribution in [0.1, 0.15) is 39.8 Å². The molecule has 0 saturated heterocycles. The smallest absolute Gasteiger partial charge is 0.126 e. The van der Waals surface area contributed by atoms with Crippen molar-refractivity contribution in [1.29, 1.82) is 0 Å². The highest BCUT2D eigenvalue weighted by molar-refractivity contribution is 6.35. The van der Waals surface area contributed by atoms with Crippen LogP contribution in [-0.2, 0) is 0 Å². The van der Waals surface area contributed by atoms with Crippen molar-refractivity contribution in [2.45, 2.75) is 40.2 Å². The van der Waals surface area contributed by atoms with E-state index in [1.807, 2.05) is 32.0 Å². The lowest BCUT2D eigenvalue weighted by atomic mass is 9.92. The molecule has 4 heteroatoms. The second-order valence-corrected chi connectivity index (χ2v) is 6.76. The fourth-order valence-corrected chi connectivity index (χ4v) is 3.37. The van der Waals surface area contributed by atoms with Gasteiger partial charge in [-0.3, -0.25) is 0 Å². The maximum absolute atomic E-state index is 14.1. The molecular formula is C21H22FNO2. The van der Waals surface area contributed by atoms with E-state index in [2.05, 4.69) is 12.1 Å². The highest BCUT2D eigenvalue weighted by Crippen LogP contribution is 2.39. The number of aliphatic hydroxyl groups is 1. The molecule has 0 fully saturated rings. The minimum Gasteiger partial charge on any atom is -0.411 e. The summed E-state index contributed by atoms with van der Waals surface area (Å²) in [4.78, 5) is 0. The molecular weight excluding hydrogens is 317 g/mol. The van der Waals surface area contributed by atoms with Crippen molar-refractivity contribution in [1.82, 2.24) is 0 Å². The van der Waals surface area contributed by atoms with Crippen molar-refractivity contribution in [3.05, 3.63) is 69.5 Å². The van der Waals surface area contributed by atoms with E-state index in [4.69, 9.17) is 0 Å². The van der Waals surface area contributed by atoms with E-state index in [1.54, 1.807) is 13.0 Å². The van der Waals surface area contributed by atoms with E-state index < -0.39 is 6.10 Å². The van der Waals surface area contributed by atoms with Crippen LogP contribution >= 0.6 is 0 Å². The van der Waals surface area contributed by atoms with Gasteiger partial charge in [0.05, 0.1) is 0 Å². The minimum absolute atomic E-state index is 0.235. The SMILES string of the molecule is Cc1ccc(C2=C(c3cc(C)c(C)c(C)c3)/C(=N\O)C(O)C2)cc1F.